The minimum atomic E-state index is -1.38. The summed E-state index contributed by atoms with van der Waals surface area (Å²) in [6, 6.07) is 11.0. The molecule has 1 atom stereocenters. The number of rotatable bonds is 17. The Morgan fingerprint density at radius 1 is 0.623 bits per heavy atom. The van der Waals surface area contributed by atoms with Gasteiger partial charge in [0.1, 0.15) is 0 Å². The Bertz CT molecular complexity index is 2250. The molecule has 6 N–H and O–H groups in total. The summed E-state index contributed by atoms with van der Waals surface area (Å²) >= 11 is 0. The van der Waals surface area contributed by atoms with Gasteiger partial charge in [0.2, 0.25) is 42.0 Å². The fraction of sp³-hybridized carbons (Fsp3) is 0.648. The lowest BCUT2D eigenvalue weighted by molar-refractivity contribution is -0.147. The summed E-state index contributed by atoms with van der Waals surface area (Å²) in [6.07, 6.45) is 16.9. The maximum absolute atomic E-state index is 14.2. The summed E-state index contributed by atoms with van der Waals surface area (Å²) in [5, 5.41) is 30.1. The van der Waals surface area contributed by atoms with Gasteiger partial charge in [-0.05, 0) is 116 Å². The summed E-state index contributed by atoms with van der Waals surface area (Å²) in [4.78, 5) is 55.5. The van der Waals surface area contributed by atoms with Crippen LogP contribution in [-0.2, 0) is 14.6 Å². The number of carboxylic acids is 1. The van der Waals surface area contributed by atoms with Crippen LogP contribution in [0.15, 0.2) is 36.4 Å². The van der Waals surface area contributed by atoms with Crippen molar-refractivity contribution in [3.8, 4) is 11.5 Å². The lowest BCUT2D eigenvalue weighted by Gasteiger charge is -2.35. The number of halogens is 2. The second-order valence-corrected chi connectivity index (χ2v) is 20.2. The number of piperidine rings is 2. The van der Waals surface area contributed by atoms with Crippen LogP contribution in [0.4, 0.5) is 55.8 Å². The molecule has 0 spiro atoms. The molecule has 23 heteroatoms. The van der Waals surface area contributed by atoms with E-state index in [2.05, 4.69) is 88.8 Å². The molecule has 0 bridgehead atoms. The molecule has 9 rings (SSSR count). The third-order valence-electron chi connectivity index (χ3n) is 14.5. The number of hydrogen-bond donors (Lipinski definition) is 6. The average Bonchev–Trinajstić information content (AvgIpc) is 4.28. The van der Waals surface area contributed by atoms with Gasteiger partial charge in [0, 0.05) is 68.2 Å². The summed E-state index contributed by atoms with van der Waals surface area (Å²) < 4.78 is 38.5. The molecule has 77 heavy (non-hydrogen) atoms. The van der Waals surface area contributed by atoms with Gasteiger partial charge in [0.25, 0.3) is 0 Å². The van der Waals surface area contributed by atoms with Crippen LogP contribution < -0.4 is 40.5 Å². The molecule has 0 radical (unpaired) electrons. The summed E-state index contributed by atoms with van der Waals surface area (Å²) in [5.41, 5.74) is 1.13. The lowest BCUT2D eigenvalue weighted by Crippen LogP contribution is -2.42. The molecule has 428 valence electrons. The van der Waals surface area contributed by atoms with Crippen LogP contribution in [0.5, 0.6) is 11.5 Å². The third-order valence-corrected chi connectivity index (χ3v) is 14.5. The zero-order valence-electron chi connectivity index (χ0n) is 44.4. The van der Waals surface area contributed by atoms with Crippen LogP contribution in [0.3, 0.4) is 0 Å². The molecule has 4 aromatic rings. The van der Waals surface area contributed by atoms with Crippen LogP contribution in [0.2, 0.25) is 0 Å². The highest BCUT2D eigenvalue weighted by atomic mass is 19.1. The van der Waals surface area contributed by atoms with E-state index in [-0.39, 0.29) is 32.8 Å². The number of hydrogen-bond acceptors (Lipinski definition) is 20. The molecule has 2 aromatic carbocycles. The molecular weight excluding hydrogens is 995 g/mol. The first-order chi connectivity index (χ1) is 36.2. The monoisotopic (exact) mass is 1080 g/mol. The second kappa shape index (κ2) is 30.8. The number of nitrogens with one attached hydrogen (secondary N) is 4. The predicted octanol–water partition coefficient (Wildman–Crippen LogP) is 9.24. The fourth-order valence-electron chi connectivity index (χ4n) is 9.74. The van der Waals surface area contributed by atoms with Crippen molar-refractivity contribution in [2.45, 2.75) is 161 Å². The van der Waals surface area contributed by atoms with E-state index in [0.717, 1.165) is 77.5 Å². The van der Waals surface area contributed by atoms with Gasteiger partial charge in [-0.25, -0.2) is 13.6 Å². The van der Waals surface area contributed by atoms with Gasteiger partial charge in [0.15, 0.2) is 29.2 Å². The minimum Gasteiger partial charge on any atom is -0.494 e. The Labute approximate surface area is 454 Å². The van der Waals surface area contributed by atoms with Crippen molar-refractivity contribution in [3.05, 3.63) is 48.0 Å². The van der Waals surface area contributed by atoms with Gasteiger partial charge in [-0.1, -0.05) is 66.2 Å². The molecule has 1 unspecified atom stereocenters. The Morgan fingerprint density at radius 2 is 0.987 bits per heavy atom. The molecular formula is C54H86F2N14O7. The number of ether oxygens (including phenoxy) is 2. The highest BCUT2D eigenvalue weighted by molar-refractivity contribution is 5.71. The SMILES string of the molecule is C.C.COc1ccc(Nc2nc(NC3CCCCCC3)nc(N(C)C3CCN(C)CC3)n2)cc1F.COc1ccc(Nc2nc(NC3CCCCCC3)nc(N(C)C3CCN(C)CC3)n2)cc1F.O=C(O)C(O)CC1OO1. The van der Waals surface area contributed by atoms with Crippen LogP contribution in [-0.4, -0.2) is 161 Å². The number of carbonyl (C=O) groups is 1. The molecule has 5 fully saturated rings. The molecule has 2 saturated carbocycles. The summed E-state index contributed by atoms with van der Waals surface area (Å²) in [5.74, 6) is 1.50. The number of aliphatic hydroxyl groups is 1. The number of methoxy groups -OCH3 is 2. The predicted molar refractivity (Wildman–Crippen MR) is 298 cm³/mol. The van der Waals surface area contributed by atoms with Crippen molar-refractivity contribution < 1.29 is 43.0 Å². The first-order valence-electron chi connectivity index (χ1n) is 26.6. The largest absolute Gasteiger partial charge is 0.494 e. The van der Waals surface area contributed by atoms with E-state index in [0.29, 0.717) is 71.2 Å². The normalized spacial score (nSPS) is 18.4. The number of aliphatic hydroxyl groups excluding tert-OH is 1. The zero-order valence-corrected chi connectivity index (χ0v) is 44.4. The van der Waals surface area contributed by atoms with E-state index in [1.807, 2.05) is 0 Å². The number of carboxylic acid groups (broad SMARTS) is 1. The van der Waals surface area contributed by atoms with Crippen LogP contribution in [0, 0.1) is 11.6 Å². The molecule has 21 nitrogen and oxygen atoms in total. The van der Waals surface area contributed by atoms with E-state index in [4.69, 9.17) is 39.6 Å². The molecule has 0 amide bonds. The van der Waals surface area contributed by atoms with Crippen molar-refractivity contribution in [1.29, 1.82) is 0 Å². The van der Waals surface area contributed by atoms with Crippen molar-refractivity contribution in [3.63, 3.8) is 0 Å². The third kappa shape index (κ3) is 19.4. The maximum atomic E-state index is 14.2. The molecule has 3 saturated heterocycles. The quantitative estimate of drug-likeness (QED) is 0.0328. The maximum Gasteiger partial charge on any atom is 0.332 e. The van der Waals surface area contributed by atoms with Crippen LogP contribution >= 0.6 is 0 Å². The highest BCUT2D eigenvalue weighted by Gasteiger charge is 2.32. The Balaban J connectivity index is 0.000000239. The Morgan fingerprint density at radius 3 is 1.31 bits per heavy atom. The molecule has 2 aromatic heterocycles. The van der Waals surface area contributed by atoms with E-state index in [9.17, 15) is 13.6 Å². The number of aliphatic carboxylic acids is 1. The minimum absolute atomic E-state index is 0. The van der Waals surface area contributed by atoms with Crippen molar-refractivity contribution in [1.82, 2.24) is 39.7 Å². The van der Waals surface area contributed by atoms with Crippen molar-refractivity contribution in [2.24, 2.45) is 0 Å². The number of benzene rings is 2. The van der Waals surface area contributed by atoms with Gasteiger partial charge in [-0.15, -0.1) is 0 Å². The first kappa shape index (κ1) is 61.8. The van der Waals surface area contributed by atoms with Gasteiger partial charge < -0.3 is 60.6 Å². The average molecular weight is 1080 g/mol. The summed E-state index contributed by atoms with van der Waals surface area (Å²) in [6.45, 7) is 4.24. The van der Waals surface area contributed by atoms with Crippen LogP contribution in [0.25, 0.3) is 0 Å². The van der Waals surface area contributed by atoms with Gasteiger partial charge in [-0.3, -0.25) is 0 Å². The smallest absolute Gasteiger partial charge is 0.332 e. The van der Waals surface area contributed by atoms with Gasteiger partial charge >= 0.3 is 5.97 Å². The lowest BCUT2D eigenvalue weighted by atomic mass is 10.0. The first-order valence-corrected chi connectivity index (χ1v) is 26.6. The molecule has 5 heterocycles. The Kier molecular flexibility index (Phi) is 24.7. The number of nitrogens with zero attached hydrogens (tertiary/aromatic N) is 10. The summed E-state index contributed by atoms with van der Waals surface area (Å²) in [7, 11) is 11.3. The second-order valence-electron chi connectivity index (χ2n) is 20.2. The van der Waals surface area contributed by atoms with E-state index >= 15 is 0 Å². The molecule has 3 aliphatic heterocycles. The van der Waals surface area contributed by atoms with E-state index < -0.39 is 30.0 Å². The van der Waals surface area contributed by atoms with Gasteiger partial charge in [-0.2, -0.15) is 39.7 Å². The van der Waals surface area contributed by atoms with Crippen molar-refractivity contribution in [2.75, 3.05) is 99.7 Å². The van der Waals surface area contributed by atoms with Crippen LogP contribution in [0.1, 0.15) is 124 Å². The molecule has 5 aliphatic rings. The van der Waals surface area contributed by atoms with Gasteiger partial charge in [0.05, 0.1) is 14.2 Å². The number of aromatic nitrogens is 6. The van der Waals surface area contributed by atoms with Crippen molar-refractivity contribution >= 4 is 53.0 Å². The topological polar surface area (TPSA) is 239 Å². The fourth-order valence-corrected chi connectivity index (χ4v) is 9.74. The number of likely N-dealkylation sites (tertiary alicyclic amines) is 2. The zero-order chi connectivity index (χ0) is 53.3. The Hall–Kier alpha value is -6.01. The number of anilines is 8. The standard InChI is InChI=1S/2C24H36FN7O.C4H6O5.2CH4/c2*1-31-14-12-19(13-15-31)32(2)24-29-22(26-17-8-6-4-5-7-9-17)28-23(30-24)27-18-10-11-21(33-3)20(25)16-18;5-2(4(6)7)1-3-8-9-3;;/h2*10-11,16-17,19H,4-9,12-15H2,1-3H3,(H2,26,27,28,29,30);2-3,5H,1H2,(H,6,7);2*1H4. The highest BCUT2D eigenvalue weighted by Crippen LogP contribution is 2.29. The molecule has 2 aliphatic carbocycles. The van der Waals surface area contributed by atoms with E-state index in [1.165, 1.54) is 77.7 Å². The van der Waals surface area contributed by atoms with E-state index in [1.54, 1.807) is 24.3 Å².